The van der Waals surface area contributed by atoms with E-state index in [2.05, 4.69) is 26.1 Å². The van der Waals surface area contributed by atoms with Crippen molar-refractivity contribution >= 4 is 17.6 Å². The zero-order valence-corrected chi connectivity index (χ0v) is 22.6. The number of benzene rings is 3. The van der Waals surface area contributed by atoms with Crippen molar-refractivity contribution in [2.24, 2.45) is 0 Å². The smallest absolute Gasteiger partial charge is 0.254 e. The van der Waals surface area contributed by atoms with Crippen molar-refractivity contribution in [1.29, 1.82) is 0 Å². The molecule has 3 aromatic carbocycles. The van der Waals surface area contributed by atoms with Crippen molar-refractivity contribution in [1.82, 2.24) is 14.7 Å². The summed E-state index contributed by atoms with van der Waals surface area (Å²) in [7, 11) is 1.58. The van der Waals surface area contributed by atoms with Crippen LogP contribution in [0.5, 0.6) is 5.75 Å². The molecule has 1 aromatic heterocycles. The van der Waals surface area contributed by atoms with Gasteiger partial charge in [0.25, 0.3) is 5.91 Å². The normalized spacial score (nSPS) is 11.2. The van der Waals surface area contributed by atoms with Crippen LogP contribution in [0, 0.1) is 6.92 Å². The highest BCUT2D eigenvalue weighted by Crippen LogP contribution is 2.26. The van der Waals surface area contributed by atoms with E-state index >= 15 is 0 Å². The molecule has 0 unspecified atom stereocenters. The highest BCUT2D eigenvalue weighted by atomic mass is 16.5. The van der Waals surface area contributed by atoms with Gasteiger partial charge in [0, 0.05) is 23.6 Å². The first-order valence-electron chi connectivity index (χ1n) is 12.6. The van der Waals surface area contributed by atoms with E-state index in [1.54, 1.807) is 41.0 Å². The Labute approximate surface area is 224 Å². The van der Waals surface area contributed by atoms with Gasteiger partial charge in [-0.1, -0.05) is 68.8 Å². The molecule has 0 spiro atoms. The lowest BCUT2D eigenvalue weighted by Gasteiger charge is -2.23. The zero-order chi connectivity index (χ0) is 27.3. The SMILES string of the molecule is COc1ccc(C(=O)N(CC(=O)Nc2cc(C(C)(C)C)nn2-c2ccc(C)cc2)Cc2ccccc2)cc1. The molecule has 0 saturated carbocycles. The van der Waals surface area contributed by atoms with Crippen molar-refractivity contribution in [3.8, 4) is 11.4 Å². The van der Waals surface area contributed by atoms with Gasteiger partial charge in [-0.25, -0.2) is 4.68 Å². The van der Waals surface area contributed by atoms with Gasteiger partial charge in [-0.3, -0.25) is 9.59 Å². The third-order valence-corrected chi connectivity index (χ3v) is 6.20. The van der Waals surface area contributed by atoms with Crippen LogP contribution in [-0.4, -0.2) is 40.1 Å². The predicted molar refractivity (Wildman–Crippen MR) is 150 cm³/mol. The summed E-state index contributed by atoms with van der Waals surface area (Å²) < 4.78 is 6.96. The molecule has 38 heavy (non-hydrogen) atoms. The summed E-state index contributed by atoms with van der Waals surface area (Å²) in [6.45, 7) is 8.44. The van der Waals surface area contributed by atoms with Crippen LogP contribution in [0.3, 0.4) is 0 Å². The second-order valence-corrected chi connectivity index (χ2v) is 10.3. The minimum atomic E-state index is -0.309. The molecular weight excluding hydrogens is 476 g/mol. The summed E-state index contributed by atoms with van der Waals surface area (Å²) in [4.78, 5) is 28.4. The molecule has 4 rings (SSSR count). The van der Waals surface area contributed by atoms with E-state index in [1.165, 1.54) is 0 Å². The van der Waals surface area contributed by atoms with Crippen LogP contribution in [0.2, 0.25) is 0 Å². The summed E-state index contributed by atoms with van der Waals surface area (Å²) >= 11 is 0. The molecule has 1 heterocycles. The molecule has 0 saturated heterocycles. The number of nitrogens with zero attached hydrogens (tertiary/aromatic N) is 3. The Bertz CT molecular complexity index is 1390. The molecule has 0 radical (unpaired) electrons. The van der Waals surface area contributed by atoms with E-state index < -0.39 is 0 Å². The number of ether oxygens (including phenoxy) is 1. The van der Waals surface area contributed by atoms with Crippen molar-refractivity contribution in [2.45, 2.75) is 39.7 Å². The van der Waals surface area contributed by atoms with Gasteiger partial charge in [-0.15, -0.1) is 0 Å². The van der Waals surface area contributed by atoms with Crippen molar-refractivity contribution in [3.63, 3.8) is 0 Å². The molecule has 0 aliphatic carbocycles. The lowest BCUT2D eigenvalue weighted by atomic mass is 9.92. The Kier molecular flexibility index (Phi) is 7.96. The number of hydrogen-bond acceptors (Lipinski definition) is 4. The minimum absolute atomic E-state index is 0.121. The van der Waals surface area contributed by atoms with Gasteiger partial charge < -0.3 is 15.0 Å². The van der Waals surface area contributed by atoms with E-state index in [9.17, 15) is 9.59 Å². The molecule has 0 atom stereocenters. The number of hydrogen-bond donors (Lipinski definition) is 1. The fraction of sp³-hybridized carbons (Fsp3) is 0.258. The highest BCUT2D eigenvalue weighted by molar-refractivity contribution is 5.99. The van der Waals surface area contributed by atoms with Gasteiger partial charge in [0.05, 0.1) is 18.5 Å². The average molecular weight is 511 g/mol. The van der Waals surface area contributed by atoms with Crippen LogP contribution in [0.25, 0.3) is 5.69 Å². The van der Waals surface area contributed by atoms with Gasteiger partial charge >= 0.3 is 0 Å². The third kappa shape index (κ3) is 6.48. The molecular formula is C31H34N4O3. The average Bonchev–Trinajstić information content (AvgIpc) is 3.33. The van der Waals surface area contributed by atoms with E-state index in [1.807, 2.05) is 67.6 Å². The summed E-state index contributed by atoms with van der Waals surface area (Å²) in [6, 6.07) is 26.4. The maximum Gasteiger partial charge on any atom is 0.254 e. The molecule has 0 fully saturated rings. The van der Waals surface area contributed by atoms with Crippen molar-refractivity contribution < 1.29 is 14.3 Å². The van der Waals surface area contributed by atoms with Gasteiger partial charge in [0.1, 0.15) is 18.1 Å². The maximum absolute atomic E-state index is 13.5. The van der Waals surface area contributed by atoms with Gasteiger partial charge in [-0.2, -0.15) is 5.10 Å². The molecule has 7 nitrogen and oxygen atoms in total. The van der Waals surface area contributed by atoms with Crippen LogP contribution in [0.4, 0.5) is 5.82 Å². The van der Waals surface area contributed by atoms with Crippen molar-refractivity contribution in [3.05, 3.63) is 107 Å². The number of aromatic nitrogens is 2. The number of aryl methyl sites for hydroxylation is 1. The van der Waals surface area contributed by atoms with Gasteiger partial charge in [-0.05, 0) is 48.9 Å². The number of carbonyl (C=O) groups is 2. The molecule has 0 aliphatic rings. The van der Waals surface area contributed by atoms with E-state index in [0.717, 1.165) is 22.5 Å². The first-order chi connectivity index (χ1) is 18.1. The number of nitrogens with one attached hydrogen (secondary N) is 1. The number of rotatable bonds is 8. The van der Waals surface area contributed by atoms with Crippen LogP contribution < -0.4 is 10.1 Å². The van der Waals surface area contributed by atoms with E-state index in [0.29, 0.717) is 23.7 Å². The van der Waals surface area contributed by atoms with Crippen molar-refractivity contribution in [2.75, 3.05) is 19.0 Å². The monoisotopic (exact) mass is 510 g/mol. The molecule has 4 aromatic rings. The number of methoxy groups -OCH3 is 1. The Morgan fingerprint density at radius 2 is 1.61 bits per heavy atom. The quantitative estimate of drug-likeness (QED) is 0.327. The molecule has 0 bridgehead atoms. The summed E-state index contributed by atoms with van der Waals surface area (Å²) in [6.07, 6.45) is 0. The second-order valence-electron chi connectivity index (χ2n) is 10.3. The Hall–Kier alpha value is -4.39. The highest BCUT2D eigenvalue weighted by Gasteiger charge is 2.24. The summed E-state index contributed by atoms with van der Waals surface area (Å²) in [5.74, 6) is 0.666. The second kappa shape index (κ2) is 11.3. The lowest BCUT2D eigenvalue weighted by Crippen LogP contribution is -2.37. The molecule has 7 heteroatoms. The maximum atomic E-state index is 13.5. The summed E-state index contributed by atoms with van der Waals surface area (Å²) in [5.41, 5.74) is 4.03. The standard InChI is InChI=1S/C31H34N4O3/c1-22-11-15-25(16-12-22)35-28(19-27(33-35)31(2,3)4)32-29(36)21-34(20-23-9-7-6-8-10-23)30(37)24-13-17-26(38-5)18-14-24/h6-19H,20-21H2,1-5H3,(H,32,36). The lowest BCUT2D eigenvalue weighted by molar-refractivity contribution is -0.117. The Morgan fingerprint density at radius 3 is 2.21 bits per heavy atom. The fourth-order valence-electron chi connectivity index (χ4n) is 3.99. The van der Waals surface area contributed by atoms with Crippen LogP contribution >= 0.6 is 0 Å². The molecule has 2 amide bonds. The largest absolute Gasteiger partial charge is 0.497 e. The number of anilines is 1. The van der Waals surface area contributed by atoms with E-state index in [-0.39, 0.29) is 23.8 Å². The van der Waals surface area contributed by atoms with E-state index in [4.69, 9.17) is 9.84 Å². The zero-order valence-electron chi connectivity index (χ0n) is 22.6. The molecule has 1 N–H and O–H groups in total. The Balaban J connectivity index is 1.61. The van der Waals surface area contributed by atoms with Crippen LogP contribution in [0.15, 0.2) is 84.9 Å². The number of amides is 2. The van der Waals surface area contributed by atoms with Crippen LogP contribution in [0.1, 0.15) is 48.0 Å². The first kappa shape index (κ1) is 26.7. The van der Waals surface area contributed by atoms with Crippen LogP contribution in [-0.2, 0) is 16.8 Å². The Morgan fingerprint density at radius 1 is 0.947 bits per heavy atom. The first-order valence-corrected chi connectivity index (χ1v) is 12.6. The number of carbonyl (C=O) groups excluding carboxylic acids is 2. The topological polar surface area (TPSA) is 76.5 Å². The molecule has 196 valence electrons. The predicted octanol–water partition coefficient (Wildman–Crippen LogP) is 5.77. The van der Waals surface area contributed by atoms with Gasteiger partial charge in [0.15, 0.2) is 0 Å². The minimum Gasteiger partial charge on any atom is -0.497 e. The third-order valence-electron chi connectivity index (χ3n) is 6.20. The molecule has 0 aliphatic heterocycles. The summed E-state index contributed by atoms with van der Waals surface area (Å²) in [5, 5.41) is 7.79. The van der Waals surface area contributed by atoms with Gasteiger partial charge in [0.2, 0.25) is 5.91 Å². The fourth-order valence-corrected chi connectivity index (χ4v) is 3.99.